The molecule has 0 saturated carbocycles. The van der Waals surface area contributed by atoms with Crippen LogP contribution in [-0.4, -0.2) is 50.3 Å². The fourth-order valence-corrected chi connectivity index (χ4v) is 5.47. The first kappa shape index (κ1) is 28.2. The highest BCUT2D eigenvalue weighted by Gasteiger charge is 2.32. The average Bonchev–Trinajstić information content (AvgIpc) is 2.88. The van der Waals surface area contributed by atoms with E-state index >= 15 is 0 Å². The smallest absolute Gasteiger partial charge is 0.264 e. The Morgan fingerprint density at radius 3 is 2.11 bits per heavy atom. The van der Waals surface area contributed by atoms with Gasteiger partial charge in [0.05, 0.1) is 10.6 Å². The predicted octanol–water partition coefficient (Wildman–Crippen LogP) is 4.52. The summed E-state index contributed by atoms with van der Waals surface area (Å²) in [6, 6.07) is 22.9. The molecule has 3 rings (SSSR count). The molecule has 1 N–H and O–H groups in total. The van der Waals surface area contributed by atoms with E-state index < -0.39 is 28.5 Å². The molecule has 1 atom stereocenters. The van der Waals surface area contributed by atoms with Crippen molar-refractivity contribution in [3.63, 3.8) is 0 Å². The number of hydrogen-bond donors (Lipinski definition) is 1. The lowest BCUT2D eigenvalue weighted by molar-refractivity contribution is -0.139. The van der Waals surface area contributed by atoms with Gasteiger partial charge in [-0.05, 0) is 63.1 Å². The molecule has 37 heavy (non-hydrogen) atoms. The van der Waals surface area contributed by atoms with Crippen LogP contribution in [0.2, 0.25) is 5.02 Å². The van der Waals surface area contributed by atoms with Crippen LogP contribution in [0, 0.1) is 0 Å². The van der Waals surface area contributed by atoms with Gasteiger partial charge in [0.25, 0.3) is 10.0 Å². The van der Waals surface area contributed by atoms with E-state index in [1.165, 1.54) is 23.1 Å². The van der Waals surface area contributed by atoms with Gasteiger partial charge in [0.1, 0.15) is 12.6 Å². The Morgan fingerprint density at radius 2 is 1.51 bits per heavy atom. The van der Waals surface area contributed by atoms with Crippen LogP contribution in [0.15, 0.2) is 89.8 Å². The van der Waals surface area contributed by atoms with Crippen molar-refractivity contribution < 1.29 is 18.0 Å². The summed E-state index contributed by atoms with van der Waals surface area (Å²) in [6.07, 6.45) is 0.508. The van der Waals surface area contributed by atoms with Crippen LogP contribution in [-0.2, 0) is 26.0 Å². The second-order valence-electron chi connectivity index (χ2n) is 8.97. The lowest BCUT2D eigenvalue weighted by Gasteiger charge is -2.32. The number of rotatable bonds is 11. The van der Waals surface area contributed by atoms with Gasteiger partial charge in [-0.25, -0.2) is 8.42 Å². The molecular formula is C28H32ClN3O4S. The van der Waals surface area contributed by atoms with Gasteiger partial charge in [-0.1, -0.05) is 66.2 Å². The molecule has 0 aliphatic rings. The number of amides is 2. The third kappa shape index (κ3) is 7.57. The van der Waals surface area contributed by atoms with Crippen LogP contribution in [0.3, 0.4) is 0 Å². The number of nitrogens with one attached hydrogen (secondary N) is 1. The number of carbonyl (C=O) groups is 2. The van der Waals surface area contributed by atoms with E-state index in [9.17, 15) is 18.0 Å². The molecule has 3 aromatic rings. The molecule has 0 radical (unpaired) electrons. The maximum Gasteiger partial charge on any atom is 0.264 e. The fourth-order valence-electron chi connectivity index (χ4n) is 3.85. The van der Waals surface area contributed by atoms with Crippen molar-refractivity contribution in [1.29, 1.82) is 0 Å². The largest absolute Gasteiger partial charge is 0.352 e. The van der Waals surface area contributed by atoms with E-state index in [1.807, 2.05) is 44.2 Å². The van der Waals surface area contributed by atoms with Gasteiger partial charge in [-0.3, -0.25) is 13.9 Å². The van der Waals surface area contributed by atoms with Crippen LogP contribution >= 0.6 is 11.6 Å². The van der Waals surface area contributed by atoms with Crippen LogP contribution in [0.5, 0.6) is 0 Å². The molecular weight excluding hydrogens is 510 g/mol. The van der Waals surface area contributed by atoms with Crippen LogP contribution in [0.25, 0.3) is 0 Å². The van der Waals surface area contributed by atoms with Gasteiger partial charge < -0.3 is 10.2 Å². The van der Waals surface area contributed by atoms with Crippen molar-refractivity contribution in [2.75, 3.05) is 17.4 Å². The van der Waals surface area contributed by atoms with E-state index in [0.717, 1.165) is 9.87 Å². The lowest BCUT2D eigenvalue weighted by atomic mass is 10.1. The first-order valence-electron chi connectivity index (χ1n) is 12.1. The van der Waals surface area contributed by atoms with Gasteiger partial charge >= 0.3 is 0 Å². The molecule has 0 bridgehead atoms. The third-order valence-corrected chi connectivity index (χ3v) is 7.81. The molecule has 0 aliphatic heterocycles. The first-order chi connectivity index (χ1) is 17.6. The molecule has 0 heterocycles. The van der Waals surface area contributed by atoms with E-state index in [-0.39, 0.29) is 29.1 Å². The Labute approximate surface area is 224 Å². The zero-order valence-electron chi connectivity index (χ0n) is 21.2. The Balaban J connectivity index is 1.96. The van der Waals surface area contributed by atoms with Crippen molar-refractivity contribution in [2.24, 2.45) is 0 Å². The molecule has 3 aromatic carbocycles. The van der Waals surface area contributed by atoms with Crippen LogP contribution in [0.4, 0.5) is 5.69 Å². The molecule has 196 valence electrons. The highest BCUT2D eigenvalue weighted by Crippen LogP contribution is 2.26. The average molecular weight is 542 g/mol. The van der Waals surface area contributed by atoms with Crippen molar-refractivity contribution in [2.45, 2.75) is 44.2 Å². The molecule has 0 saturated heterocycles. The number of benzene rings is 3. The summed E-state index contributed by atoms with van der Waals surface area (Å²) in [5.41, 5.74) is 1.26. The summed E-state index contributed by atoms with van der Waals surface area (Å²) >= 11 is 6.17. The highest BCUT2D eigenvalue weighted by molar-refractivity contribution is 7.92. The second kappa shape index (κ2) is 12.7. The Kier molecular flexibility index (Phi) is 9.72. The fraction of sp³-hybridized carbons (Fsp3) is 0.286. The Morgan fingerprint density at radius 1 is 0.892 bits per heavy atom. The maximum absolute atomic E-state index is 13.7. The zero-order valence-corrected chi connectivity index (χ0v) is 22.7. The molecule has 7 nitrogen and oxygen atoms in total. The van der Waals surface area contributed by atoms with Crippen molar-refractivity contribution in [3.05, 3.63) is 95.5 Å². The summed E-state index contributed by atoms with van der Waals surface area (Å²) in [4.78, 5) is 28.1. The minimum absolute atomic E-state index is 0.0456. The molecule has 0 spiro atoms. The van der Waals surface area contributed by atoms with Gasteiger partial charge in [0.2, 0.25) is 11.8 Å². The number of halogens is 1. The van der Waals surface area contributed by atoms with Crippen molar-refractivity contribution in [3.8, 4) is 0 Å². The van der Waals surface area contributed by atoms with Gasteiger partial charge in [-0.2, -0.15) is 0 Å². The minimum Gasteiger partial charge on any atom is -0.352 e. The van der Waals surface area contributed by atoms with E-state index in [2.05, 4.69) is 5.32 Å². The number of carbonyl (C=O) groups excluding carboxylic acids is 2. The molecule has 2 amide bonds. The predicted molar refractivity (Wildman–Crippen MR) is 147 cm³/mol. The van der Waals surface area contributed by atoms with E-state index in [1.54, 1.807) is 43.3 Å². The number of anilines is 1. The highest BCUT2D eigenvalue weighted by atomic mass is 35.5. The second-order valence-corrected chi connectivity index (χ2v) is 11.3. The summed E-state index contributed by atoms with van der Waals surface area (Å²) < 4.78 is 28.4. The van der Waals surface area contributed by atoms with E-state index in [4.69, 9.17) is 11.6 Å². The monoisotopic (exact) mass is 541 g/mol. The normalized spacial score (nSPS) is 12.1. The van der Waals surface area contributed by atoms with Crippen LogP contribution in [0.1, 0.15) is 26.3 Å². The Bertz CT molecular complexity index is 1300. The third-order valence-electron chi connectivity index (χ3n) is 5.79. The summed E-state index contributed by atoms with van der Waals surface area (Å²) in [5, 5.41) is 3.18. The SMILES string of the molecule is CC(C)NC(=O)[C@H](C)N(CCc1ccccc1)C(=O)CN(c1cccc(Cl)c1)S(=O)(=O)c1ccccc1. The standard InChI is InChI=1S/C28H32ClN3O4S/c1-21(2)30-28(34)22(3)31(18-17-23-11-6-4-7-12-23)27(33)20-32(25-14-10-13-24(29)19-25)37(35,36)26-15-8-5-9-16-26/h4-16,19,21-22H,17-18,20H2,1-3H3,(H,30,34)/t22-/m0/s1. The topological polar surface area (TPSA) is 86.8 Å². The van der Waals surface area contributed by atoms with Gasteiger partial charge in [-0.15, -0.1) is 0 Å². The van der Waals surface area contributed by atoms with Gasteiger partial charge in [0, 0.05) is 17.6 Å². The number of sulfonamides is 1. The molecule has 9 heteroatoms. The molecule has 0 fully saturated rings. The van der Waals surface area contributed by atoms with Gasteiger partial charge in [0.15, 0.2) is 0 Å². The number of nitrogens with zero attached hydrogens (tertiary/aromatic N) is 2. The van der Waals surface area contributed by atoms with Crippen LogP contribution < -0.4 is 9.62 Å². The summed E-state index contributed by atoms with van der Waals surface area (Å²) in [7, 11) is -4.10. The minimum atomic E-state index is -4.10. The Hall–Kier alpha value is -3.36. The van der Waals surface area contributed by atoms with E-state index in [0.29, 0.717) is 11.4 Å². The maximum atomic E-state index is 13.7. The quantitative estimate of drug-likeness (QED) is 0.387. The van der Waals surface area contributed by atoms with Crippen molar-refractivity contribution in [1.82, 2.24) is 10.2 Å². The summed E-state index contributed by atoms with van der Waals surface area (Å²) in [6.45, 7) is 5.08. The first-order valence-corrected chi connectivity index (χ1v) is 13.9. The van der Waals surface area contributed by atoms with Crippen molar-refractivity contribution >= 4 is 39.1 Å². The summed E-state index contributed by atoms with van der Waals surface area (Å²) in [5.74, 6) is -0.807. The molecule has 0 unspecified atom stereocenters. The zero-order chi connectivity index (χ0) is 27.0. The lowest BCUT2D eigenvalue weighted by Crippen LogP contribution is -2.53. The molecule has 0 aliphatic carbocycles. The molecule has 0 aromatic heterocycles. The number of hydrogen-bond acceptors (Lipinski definition) is 4.